The van der Waals surface area contributed by atoms with E-state index in [1.54, 1.807) is 24.3 Å². The Hall–Kier alpha value is -1.86. The van der Waals surface area contributed by atoms with Gasteiger partial charge in [-0.1, -0.05) is 29.8 Å². The molecule has 0 amide bonds. The zero-order valence-corrected chi connectivity index (χ0v) is 13.1. The van der Waals surface area contributed by atoms with E-state index in [4.69, 9.17) is 11.6 Å². The van der Waals surface area contributed by atoms with Gasteiger partial charge in [-0.3, -0.25) is 4.79 Å². The lowest BCUT2D eigenvalue weighted by atomic mass is 10.2. The number of anilines is 1. The van der Waals surface area contributed by atoms with Crippen LogP contribution in [-0.4, -0.2) is 35.7 Å². The second-order valence-corrected chi connectivity index (χ2v) is 7.78. The number of nitrogens with zero attached hydrogens (tertiary/aromatic N) is 2. The minimum Gasteiger partial charge on any atom is -0.379 e. The molecule has 8 heteroatoms. The van der Waals surface area contributed by atoms with Gasteiger partial charge in [-0.25, -0.2) is 8.42 Å². The zero-order valence-electron chi connectivity index (χ0n) is 11.6. The molecule has 2 heterocycles. The van der Waals surface area contributed by atoms with Crippen LogP contribution >= 0.6 is 11.6 Å². The van der Waals surface area contributed by atoms with Gasteiger partial charge in [0.15, 0.2) is 9.84 Å². The van der Waals surface area contributed by atoms with Crippen molar-refractivity contribution in [2.24, 2.45) is 0 Å². The second kappa shape index (κ2) is 5.73. The van der Waals surface area contributed by atoms with Crippen LogP contribution in [-0.2, 0) is 9.84 Å². The minimum absolute atomic E-state index is 0.00292. The van der Waals surface area contributed by atoms with Crippen LogP contribution in [0.3, 0.4) is 0 Å². The van der Waals surface area contributed by atoms with Crippen molar-refractivity contribution >= 4 is 27.1 Å². The van der Waals surface area contributed by atoms with Crippen LogP contribution in [0.25, 0.3) is 5.69 Å². The first-order valence-corrected chi connectivity index (χ1v) is 8.96. The van der Waals surface area contributed by atoms with Crippen molar-refractivity contribution in [3.8, 4) is 5.69 Å². The molecule has 1 aliphatic heterocycles. The molecule has 0 aliphatic carbocycles. The molecule has 0 spiro atoms. The predicted molar refractivity (Wildman–Crippen MR) is 85.5 cm³/mol. The van der Waals surface area contributed by atoms with E-state index in [1.165, 1.54) is 10.9 Å². The average molecular weight is 340 g/mol. The van der Waals surface area contributed by atoms with Crippen molar-refractivity contribution < 1.29 is 8.42 Å². The molecule has 1 aliphatic rings. The van der Waals surface area contributed by atoms with Crippen LogP contribution in [0.5, 0.6) is 0 Å². The SMILES string of the molecule is O=c1c(Cl)c(N[C@H]2CCS(=O)(=O)C2)cnn1-c1ccccc1. The summed E-state index contributed by atoms with van der Waals surface area (Å²) < 4.78 is 24.1. The fourth-order valence-corrected chi connectivity index (χ4v) is 4.27. The first-order valence-electron chi connectivity index (χ1n) is 6.76. The zero-order chi connectivity index (χ0) is 15.7. The fraction of sp³-hybridized carbons (Fsp3) is 0.286. The van der Waals surface area contributed by atoms with Crippen molar-refractivity contribution in [3.63, 3.8) is 0 Å². The molecule has 6 nitrogen and oxygen atoms in total. The Morgan fingerprint density at radius 3 is 2.64 bits per heavy atom. The Kier molecular flexibility index (Phi) is 3.92. The maximum Gasteiger partial charge on any atom is 0.292 e. The summed E-state index contributed by atoms with van der Waals surface area (Å²) in [5.74, 6) is 0.196. The first kappa shape index (κ1) is 15.1. The fourth-order valence-electron chi connectivity index (χ4n) is 2.42. The third kappa shape index (κ3) is 3.00. The molecule has 1 aromatic heterocycles. The molecule has 1 saturated heterocycles. The summed E-state index contributed by atoms with van der Waals surface area (Å²) in [5, 5.41) is 7.10. The Balaban J connectivity index is 1.89. The molecule has 3 rings (SSSR count). The molecule has 0 radical (unpaired) electrons. The van der Waals surface area contributed by atoms with Crippen molar-refractivity contribution in [1.29, 1.82) is 0 Å². The van der Waals surface area contributed by atoms with Crippen molar-refractivity contribution in [3.05, 3.63) is 51.9 Å². The van der Waals surface area contributed by atoms with Gasteiger partial charge in [0, 0.05) is 6.04 Å². The molecule has 1 atom stereocenters. The Morgan fingerprint density at radius 1 is 1.27 bits per heavy atom. The minimum atomic E-state index is -3.00. The molecule has 0 saturated carbocycles. The summed E-state index contributed by atoms with van der Waals surface area (Å²) in [4.78, 5) is 12.3. The molecule has 1 fully saturated rings. The molecule has 1 N–H and O–H groups in total. The summed E-state index contributed by atoms with van der Waals surface area (Å²) in [6.45, 7) is 0. The number of sulfone groups is 1. The van der Waals surface area contributed by atoms with Crippen LogP contribution in [0.4, 0.5) is 5.69 Å². The Labute approximate surface area is 132 Å². The summed E-state index contributed by atoms with van der Waals surface area (Å²) >= 11 is 6.11. The highest BCUT2D eigenvalue weighted by atomic mass is 35.5. The third-order valence-electron chi connectivity index (χ3n) is 3.51. The quantitative estimate of drug-likeness (QED) is 0.916. The largest absolute Gasteiger partial charge is 0.379 e. The van der Waals surface area contributed by atoms with Crippen LogP contribution < -0.4 is 10.9 Å². The van der Waals surface area contributed by atoms with Crippen molar-refractivity contribution in [2.75, 3.05) is 16.8 Å². The third-order valence-corrected chi connectivity index (χ3v) is 5.64. The summed E-state index contributed by atoms with van der Waals surface area (Å²) in [7, 11) is -3.00. The summed E-state index contributed by atoms with van der Waals surface area (Å²) in [6, 6.07) is 8.70. The average Bonchev–Trinajstić information content (AvgIpc) is 2.84. The molecule has 116 valence electrons. The molecule has 2 aromatic rings. The number of para-hydroxylation sites is 1. The topological polar surface area (TPSA) is 81.1 Å². The van der Waals surface area contributed by atoms with Gasteiger partial charge in [0.05, 0.1) is 29.1 Å². The lowest BCUT2D eigenvalue weighted by molar-refractivity contribution is 0.602. The summed E-state index contributed by atoms with van der Waals surface area (Å²) in [5.41, 5.74) is 0.532. The van der Waals surface area contributed by atoms with E-state index in [0.717, 1.165) is 0 Å². The van der Waals surface area contributed by atoms with Gasteiger partial charge in [0.2, 0.25) is 0 Å². The highest BCUT2D eigenvalue weighted by molar-refractivity contribution is 7.91. The number of hydrogen-bond donors (Lipinski definition) is 1. The predicted octanol–water partition coefficient (Wildman–Crippen LogP) is 1.48. The molecular weight excluding hydrogens is 326 g/mol. The standard InChI is InChI=1S/C14H14ClN3O3S/c15-13-12(17-10-6-7-22(20,21)9-10)8-16-18(14(13)19)11-4-2-1-3-5-11/h1-5,8,10,17H,6-7,9H2/t10-/m0/s1. The van der Waals surface area contributed by atoms with Gasteiger partial charge in [-0.15, -0.1) is 0 Å². The second-order valence-electron chi connectivity index (χ2n) is 5.17. The lowest BCUT2D eigenvalue weighted by Gasteiger charge is -2.14. The van der Waals surface area contributed by atoms with E-state index in [2.05, 4.69) is 10.4 Å². The van der Waals surface area contributed by atoms with Crippen molar-refractivity contribution in [1.82, 2.24) is 9.78 Å². The number of aromatic nitrogens is 2. The molecular formula is C14H14ClN3O3S. The van der Waals surface area contributed by atoms with Gasteiger partial charge in [-0.2, -0.15) is 9.78 Å². The van der Waals surface area contributed by atoms with Crippen LogP contribution in [0.15, 0.2) is 41.3 Å². The van der Waals surface area contributed by atoms with Gasteiger partial charge >= 0.3 is 0 Å². The molecule has 22 heavy (non-hydrogen) atoms. The highest BCUT2D eigenvalue weighted by Gasteiger charge is 2.28. The number of rotatable bonds is 3. The van der Waals surface area contributed by atoms with E-state index in [9.17, 15) is 13.2 Å². The van der Waals surface area contributed by atoms with E-state index < -0.39 is 15.4 Å². The van der Waals surface area contributed by atoms with E-state index in [1.807, 2.05) is 6.07 Å². The molecule has 1 aromatic carbocycles. The smallest absolute Gasteiger partial charge is 0.292 e. The maximum atomic E-state index is 12.3. The van der Waals surface area contributed by atoms with E-state index >= 15 is 0 Å². The van der Waals surface area contributed by atoms with Gasteiger partial charge in [0.25, 0.3) is 5.56 Å². The first-order chi connectivity index (χ1) is 10.5. The van der Waals surface area contributed by atoms with Gasteiger partial charge in [-0.05, 0) is 18.6 Å². The number of halogens is 1. The Bertz CT molecular complexity index is 849. The van der Waals surface area contributed by atoms with E-state index in [-0.39, 0.29) is 22.6 Å². The molecule has 0 unspecified atom stereocenters. The maximum absolute atomic E-state index is 12.3. The van der Waals surface area contributed by atoms with Gasteiger partial charge < -0.3 is 5.32 Å². The van der Waals surface area contributed by atoms with Crippen LogP contribution in [0.2, 0.25) is 5.02 Å². The van der Waals surface area contributed by atoms with Crippen molar-refractivity contribution in [2.45, 2.75) is 12.5 Å². The summed E-state index contributed by atoms with van der Waals surface area (Å²) in [6.07, 6.45) is 1.95. The normalized spacial score (nSPS) is 20.0. The number of hydrogen-bond acceptors (Lipinski definition) is 5. The van der Waals surface area contributed by atoms with E-state index in [0.29, 0.717) is 17.8 Å². The van der Waals surface area contributed by atoms with Crippen LogP contribution in [0, 0.1) is 0 Å². The Morgan fingerprint density at radius 2 is 2.00 bits per heavy atom. The highest BCUT2D eigenvalue weighted by Crippen LogP contribution is 2.21. The van der Waals surface area contributed by atoms with Crippen LogP contribution in [0.1, 0.15) is 6.42 Å². The monoisotopic (exact) mass is 339 g/mol. The number of nitrogens with one attached hydrogen (secondary N) is 1. The number of benzene rings is 1. The van der Waals surface area contributed by atoms with Gasteiger partial charge in [0.1, 0.15) is 5.02 Å². The lowest BCUT2D eigenvalue weighted by Crippen LogP contribution is -2.26. The molecule has 0 bridgehead atoms.